The lowest BCUT2D eigenvalue weighted by atomic mass is 10.2. The zero-order valence-electron chi connectivity index (χ0n) is 9.21. The van der Waals surface area contributed by atoms with Gasteiger partial charge in [0.2, 0.25) is 0 Å². The molecule has 0 amide bonds. The van der Waals surface area contributed by atoms with E-state index in [1.807, 2.05) is 30.3 Å². The Morgan fingerprint density at radius 2 is 2.00 bits per heavy atom. The van der Waals surface area contributed by atoms with Crippen molar-refractivity contribution in [1.29, 1.82) is 0 Å². The second-order valence-electron chi connectivity index (χ2n) is 3.59. The minimum atomic E-state index is -0.304. The lowest BCUT2D eigenvalue weighted by Crippen LogP contribution is -2.16. The van der Waals surface area contributed by atoms with Gasteiger partial charge < -0.3 is 11.5 Å². The number of ketones is 1. The third kappa shape index (κ3) is 2.31. The summed E-state index contributed by atoms with van der Waals surface area (Å²) in [6.07, 6.45) is 0. The number of anilines is 1. The third-order valence-corrected chi connectivity index (χ3v) is 2.40. The smallest absolute Gasteiger partial charge is 0.200 e. The number of carbonyl (C=O) groups is 1. The first kappa shape index (κ1) is 11.3. The van der Waals surface area contributed by atoms with Gasteiger partial charge in [0.25, 0.3) is 0 Å². The summed E-state index contributed by atoms with van der Waals surface area (Å²) in [5, 5.41) is 7.59. The van der Waals surface area contributed by atoms with Crippen molar-refractivity contribution in [2.24, 2.45) is 5.73 Å². The molecule has 6 nitrogen and oxygen atoms in total. The van der Waals surface area contributed by atoms with E-state index in [4.69, 9.17) is 11.5 Å². The van der Waals surface area contributed by atoms with Crippen LogP contribution in [0.5, 0.6) is 0 Å². The second-order valence-corrected chi connectivity index (χ2v) is 3.59. The zero-order chi connectivity index (χ0) is 12.3. The first-order chi connectivity index (χ1) is 8.22. The molecule has 1 aromatic heterocycles. The Morgan fingerprint density at radius 3 is 2.65 bits per heavy atom. The molecule has 0 spiro atoms. The summed E-state index contributed by atoms with van der Waals surface area (Å²) < 4.78 is 1.48. The van der Waals surface area contributed by atoms with Crippen LogP contribution in [0.3, 0.4) is 0 Å². The highest BCUT2D eigenvalue weighted by Crippen LogP contribution is 2.10. The van der Waals surface area contributed by atoms with E-state index in [0.717, 1.165) is 5.56 Å². The molecule has 0 atom stereocenters. The average Bonchev–Trinajstić information content (AvgIpc) is 2.72. The van der Waals surface area contributed by atoms with E-state index in [0.29, 0.717) is 6.54 Å². The maximum Gasteiger partial charge on any atom is 0.200 e. The van der Waals surface area contributed by atoms with Crippen molar-refractivity contribution in [3.63, 3.8) is 0 Å². The number of hydrogen-bond acceptors (Lipinski definition) is 5. The van der Waals surface area contributed by atoms with Gasteiger partial charge in [-0.15, -0.1) is 5.10 Å². The SMILES string of the molecule is NCC(=O)c1nnn(Cc2ccccc2)c1N. The molecule has 1 aromatic carbocycles. The average molecular weight is 231 g/mol. The molecular weight excluding hydrogens is 218 g/mol. The van der Waals surface area contributed by atoms with Crippen molar-refractivity contribution in [2.45, 2.75) is 6.54 Å². The van der Waals surface area contributed by atoms with Gasteiger partial charge in [0.1, 0.15) is 0 Å². The van der Waals surface area contributed by atoms with Gasteiger partial charge in [0, 0.05) is 0 Å². The molecular formula is C11H13N5O. The monoisotopic (exact) mass is 231 g/mol. The molecule has 0 bridgehead atoms. The van der Waals surface area contributed by atoms with Crippen LogP contribution in [-0.4, -0.2) is 27.3 Å². The Bertz CT molecular complexity index is 520. The molecule has 2 aromatic rings. The molecule has 1 heterocycles. The Morgan fingerprint density at radius 1 is 1.29 bits per heavy atom. The molecule has 4 N–H and O–H groups in total. The summed E-state index contributed by atoms with van der Waals surface area (Å²) in [7, 11) is 0. The van der Waals surface area contributed by atoms with Crippen LogP contribution in [0, 0.1) is 0 Å². The van der Waals surface area contributed by atoms with Gasteiger partial charge in [-0.1, -0.05) is 35.5 Å². The quantitative estimate of drug-likeness (QED) is 0.724. The number of carbonyl (C=O) groups excluding carboxylic acids is 1. The summed E-state index contributed by atoms with van der Waals surface area (Å²) in [6.45, 7) is 0.367. The summed E-state index contributed by atoms with van der Waals surface area (Å²) in [5.41, 5.74) is 12.2. The summed E-state index contributed by atoms with van der Waals surface area (Å²) in [6, 6.07) is 9.68. The molecule has 0 unspecified atom stereocenters. The minimum Gasteiger partial charge on any atom is -0.382 e. The fraction of sp³-hybridized carbons (Fsp3) is 0.182. The number of aromatic nitrogens is 3. The van der Waals surface area contributed by atoms with Crippen molar-refractivity contribution in [3.05, 3.63) is 41.6 Å². The van der Waals surface area contributed by atoms with E-state index in [9.17, 15) is 4.79 Å². The number of nitrogen functional groups attached to an aromatic ring is 1. The molecule has 0 fully saturated rings. The van der Waals surface area contributed by atoms with E-state index >= 15 is 0 Å². The largest absolute Gasteiger partial charge is 0.382 e. The van der Waals surface area contributed by atoms with Crippen LogP contribution < -0.4 is 11.5 Å². The first-order valence-corrected chi connectivity index (χ1v) is 5.18. The maximum atomic E-state index is 11.4. The normalized spacial score (nSPS) is 10.4. The molecule has 0 saturated carbocycles. The molecule has 6 heteroatoms. The molecule has 0 radical (unpaired) electrons. The molecule has 0 saturated heterocycles. The van der Waals surface area contributed by atoms with Gasteiger partial charge in [-0.3, -0.25) is 4.79 Å². The summed E-state index contributed by atoms with van der Waals surface area (Å²) >= 11 is 0. The number of benzene rings is 1. The Balaban J connectivity index is 2.24. The lowest BCUT2D eigenvalue weighted by Gasteiger charge is -2.02. The highest BCUT2D eigenvalue weighted by atomic mass is 16.1. The van der Waals surface area contributed by atoms with Crippen LogP contribution in [0.15, 0.2) is 30.3 Å². The van der Waals surface area contributed by atoms with E-state index < -0.39 is 0 Å². The van der Waals surface area contributed by atoms with Crippen molar-refractivity contribution in [1.82, 2.24) is 15.0 Å². The fourth-order valence-electron chi connectivity index (χ4n) is 1.49. The van der Waals surface area contributed by atoms with Crippen molar-refractivity contribution in [3.8, 4) is 0 Å². The standard InChI is InChI=1S/C11H13N5O/c12-6-9(17)10-11(13)16(15-14-10)7-8-4-2-1-3-5-8/h1-5H,6-7,12-13H2. The topological polar surface area (TPSA) is 99.8 Å². The summed E-state index contributed by atoms with van der Waals surface area (Å²) in [5.74, 6) is -0.0499. The first-order valence-electron chi connectivity index (χ1n) is 5.18. The van der Waals surface area contributed by atoms with E-state index in [1.54, 1.807) is 0 Å². The highest BCUT2D eigenvalue weighted by molar-refractivity contribution is 5.99. The molecule has 17 heavy (non-hydrogen) atoms. The minimum absolute atomic E-state index is 0.117. The number of nitrogens with zero attached hydrogens (tertiary/aromatic N) is 3. The summed E-state index contributed by atoms with van der Waals surface area (Å²) in [4.78, 5) is 11.4. The molecule has 2 rings (SSSR count). The lowest BCUT2D eigenvalue weighted by molar-refractivity contribution is 0.0997. The van der Waals surface area contributed by atoms with Crippen LogP contribution in [0.1, 0.15) is 16.1 Å². The Kier molecular flexibility index (Phi) is 3.15. The van der Waals surface area contributed by atoms with Crippen molar-refractivity contribution < 1.29 is 4.79 Å². The van der Waals surface area contributed by atoms with Crippen molar-refractivity contribution in [2.75, 3.05) is 12.3 Å². The van der Waals surface area contributed by atoms with E-state index in [-0.39, 0.29) is 23.8 Å². The van der Waals surface area contributed by atoms with Crippen LogP contribution in [-0.2, 0) is 6.54 Å². The molecule has 0 aliphatic heterocycles. The fourth-order valence-corrected chi connectivity index (χ4v) is 1.49. The van der Waals surface area contributed by atoms with Gasteiger partial charge in [0.15, 0.2) is 17.3 Å². The predicted octanol–water partition coefficient (Wildman–Crippen LogP) is 0.0500. The maximum absolute atomic E-state index is 11.4. The van der Waals surface area contributed by atoms with Gasteiger partial charge in [-0.25, -0.2) is 4.68 Å². The molecule has 0 aliphatic rings. The number of nitrogens with two attached hydrogens (primary N) is 2. The van der Waals surface area contributed by atoms with Crippen molar-refractivity contribution >= 4 is 11.6 Å². The van der Waals surface area contributed by atoms with Gasteiger partial charge in [0.05, 0.1) is 13.1 Å². The van der Waals surface area contributed by atoms with E-state index in [1.165, 1.54) is 4.68 Å². The van der Waals surface area contributed by atoms with Gasteiger partial charge in [-0.05, 0) is 5.56 Å². The van der Waals surface area contributed by atoms with Crippen LogP contribution >= 0.6 is 0 Å². The van der Waals surface area contributed by atoms with Crippen LogP contribution in [0.4, 0.5) is 5.82 Å². The number of Topliss-reactive ketones (excluding diaryl/α,β-unsaturated/α-hetero) is 1. The second kappa shape index (κ2) is 4.75. The third-order valence-electron chi connectivity index (χ3n) is 2.40. The number of hydrogen-bond donors (Lipinski definition) is 2. The predicted molar refractivity (Wildman–Crippen MR) is 63.4 cm³/mol. The van der Waals surface area contributed by atoms with E-state index in [2.05, 4.69) is 10.3 Å². The molecule has 88 valence electrons. The van der Waals surface area contributed by atoms with Gasteiger partial charge >= 0.3 is 0 Å². The van der Waals surface area contributed by atoms with Crippen LogP contribution in [0.2, 0.25) is 0 Å². The zero-order valence-corrected chi connectivity index (χ0v) is 9.21. The highest BCUT2D eigenvalue weighted by Gasteiger charge is 2.15. The molecule has 0 aliphatic carbocycles. The Hall–Kier alpha value is -2.21. The van der Waals surface area contributed by atoms with Gasteiger partial charge in [-0.2, -0.15) is 0 Å². The Labute approximate surface area is 98.2 Å². The van der Waals surface area contributed by atoms with Crippen LogP contribution in [0.25, 0.3) is 0 Å². The number of rotatable bonds is 4.